The van der Waals surface area contributed by atoms with Crippen LogP contribution in [0.5, 0.6) is 0 Å². The van der Waals surface area contributed by atoms with Crippen molar-refractivity contribution in [3.8, 4) is 0 Å². The van der Waals surface area contributed by atoms with Gasteiger partial charge in [-0.25, -0.2) is 8.42 Å². The first-order valence-electron chi connectivity index (χ1n) is 13.1. The fourth-order valence-corrected chi connectivity index (χ4v) is 11.2. The predicted octanol–water partition coefficient (Wildman–Crippen LogP) is 7.58. The van der Waals surface area contributed by atoms with Gasteiger partial charge in [-0.2, -0.15) is 0 Å². The first-order chi connectivity index (χ1) is 15.7. The lowest BCUT2D eigenvalue weighted by Crippen LogP contribution is -2.43. The van der Waals surface area contributed by atoms with Crippen LogP contribution in [-0.2, 0) is 19.0 Å². The van der Waals surface area contributed by atoms with Gasteiger partial charge in [-0.15, -0.1) is 0 Å². The first kappa shape index (κ1) is 28.3. The van der Waals surface area contributed by atoms with Crippen molar-refractivity contribution < 1.29 is 17.6 Å². The molecule has 0 radical (unpaired) electrons. The molecule has 188 valence electrons. The third kappa shape index (κ3) is 8.05. The van der Waals surface area contributed by atoms with Gasteiger partial charge in [0.05, 0.1) is 22.0 Å². The summed E-state index contributed by atoms with van der Waals surface area (Å²) < 4.78 is 40.4. The van der Waals surface area contributed by atoms with Gasteiger partial charge < -0.3 is 9.16 Å². The number of hydrogen-bond donors (Lipinski definition) is 0. The molecule has 0 amide bonds. The van der Waals surface area contributed by atoms with Crippen molar-refractivity contribution in [1.82, 2.24) is 0 Å². The molecule has 4 nitrogen and oxygen atoms in total. The van der Waals surface area contributed by atoms with Crippen molar-refractivity contribution in [2.45, 2.75) is 128 Å². The molecule has 1 aromatic carbocycles. The quantitative estimate of drug-likeness (QED) is 0.175. The number of rotatable bonds is 16. The van der Waals surface area contributed by atoms with E-state index >= 15 is 0 Å². The Labute approximate surface area is 204 Å². The highest BCUT2D eigenvalue weighted by Crippen LogP contribution is 2.37. The summed E-state index contributed by atoms with van der Waals surface area (Å²) in [5.74, 6) is 0. The van der Waals surface area contributed by atoms with Crippen LogP contribution < -0.4 is 0 Å². The summed E-state index contributed by atoms with van der Waals surface area (Å²) in [4.78, 5) is 0.752. The largest absolute Gasteiger partial charge is 0.409 e. The van der Waals surface area contributed by atoms with Gasteiger partial charge >= 0.3 is 0 Å². The van der Waals surface area contributed by atoms with Gasteiger partial charge in [0.1, 0.15) is 6.10 Å². The Kier molecular flexibility index (Phi) is 11.3. The Morgan fingerprint density at radius 2 is 1.48 bits per heavy atom. The van der Waals surface area contributed by atoms with Crippen molar-refractivity contribution in [3.63, 3.8) is 0 Å². The van der Waals surface area contributed by atoms with E-state index in [0.717, 1.165) is 62.2 Å². The SMILES string of the molecule is CCCC[Si](CCCC)(CCCC)O[C@H](CC)/C(=C\[C@H]1O[C@@H]1C)S(=O)(=O)c1ccc(C)cc1. The minimum Gasteiger partial charge on any atom is -0.409 e. The second kappa shape index (κ2) is 13.2. The first-order valence-corrected chi connectivity index (χ1v) is 17.1. The van der Waals surface area contributed by atoms with Gasteiger partial charge in [-0.1, -0.05) is 83.9 Å². The Morgan fingerprint density at radius 3 is 1.88 bits per heavy atom. The number of unbranched alkanes of at least 4 members (excludes halogenated alkanes) is 3. The van der Waals surface area contributed by atoms with Crippen molar-refractivity contribution in [3.05, 3.63) is 40.8 Å². The lowest BCUT2D eigenvalue weighted by molar-refractivity contribution is 0.219. The molecule has 1 fully saturated rings. The maximum Gasteiger partial charge on any atom is 0.205 e. The zero-order chi connectivity index (χ0) is 24.5. The van der Waals surface area contributed by atoms with Gasteiger partial charge in [0, 0.05) is 0 Å². The second-order valence-electron chi connectivity index (χ2n) is 9.70. The molecule has 0 unspecified atom stereocenters. The molecule has 0 saturated carbocycles. The minimum absolute atomic E-state index is 0.0630. The Morgan fingerprint density at radius 1 is 1.00 bits per heavy atom. The van der Waals surface area contributed by atoms with Gasteiger partial charge in [0.2, 0.25) is 9.84 Å². The summed E-state index contributed by atoms with van der Waals surface area (Å²) >= 11 is 0. The molecule has 1 aromatic rings. The Balaban J connectivity index is 2.47. The van der Waals surface area contributed by atoms with E-state index in [2.05, 4.69) is 27.7 Å². The summed E-state index contributed by atoms with van der Waals surface area (Å²) in [5.41, 5.74) is 1.05. The third-order valence-electron chi connectivity index (χ3n) is 6.77. The molecule has 1 saturated heterocycles. The molecule has 0 aliphatic carbocycles. The maximum atomic E-state index is 13.9. The maximum absolute atomic E-state index is 13.9. The van der Waals surface area contributed by atoms with Crippen LogP contribution in [0.3, 0.4) is 0 Å². The molecule has 3 atom stereocenters. The molecule has 6 heteroatoms. The molecule has 0 bridgehead atoms. The van der Waals surface area contributed by atoms with Crippen LogP contribution in [0.15, 0.2) is 40.1 Å². The zero-order valence-electron chi connectivity index (χ0n) is 21.7. The standard InChI is InChI=1S/C27H46O4SSi/c1-7-11-18-33(19-12-8-2,20-13-9-3)31-25(10-4)27(21-26-23(6)30-26)32(28,29)24-16-14-22(5)15-17-24/h14-17,21,23,25-26H,7-13,18-20H2,1-6H3/b27-21+/t23-,25-,26-/m1/s1. The van der Waals surface area contributed by atoms with Crippen molar-refractivity contribution in [2.75, 3.05) is 0 Å². The molecule has 0 N–H and O–H groups in total. The number of hydrogen-bond acceptors (Lipinski definition) is 4. The summed E-state index contributed by atoms with van der Waals surface area (Å²) in [6.07, 6.45) is 8.90. The summed E-state index contributed by atoms with van der Waals surface area (Å²) in [6, 6.07) is 10.5. The third-order valence-corrected chi connectivity index (χ3v) is 13.3. The number of benzene rings is 1. The number of sulfone groups is 1. The fraction of sp³-hybridized carbons (Fsp3) is 0.704. The van der Waals surface area contributed by atoms with Gasteiger partial charge in [-0.3, -0.25) is 0 Å². The Bertz CT molecular complexity index is 826. The summed E-state index contributed by atoms with van der Waals surface area (Å²) in [6.45, 7) is 12.7. The average molecular weight is 495 g/mol. The second-order valence-corrected chi connectivity index (χ2v) is 15.8. The highest BCUT2D eigenvalue weighted by molar-refractivity contribution is 7.95. The van der Waals surface area contributed by atoms with Crippen LogP contribution in [0.4, 0.5) is 0 Å². The highest BCUT2D eigenvalue weighted by atomic mass is 32.2. The lowest BCUT2D eigenvalue weighted by atomic mass is 10.2. The van der Waals surface area contributed by atoms with E-state index in [1.165, 1.54) is 0 Å². The topological polar surface area (TPSA) is 55.9 Å². The zero-order valence-corrected chi connectivity index (χ0v) is 23.5. The molecule has 1 aliphatic heterocycles. The van der Waals surface area contributed by atoms with Crippen molar-refractivity contribution >= 4 is 18.2 Å². The van der Waals surface area contributed by atoms with Crippen LogP contribution in [0, 0.1) is 6.92 Å². The minimum atomic E-state index is -3.66. The molecular weight excluding hydrogens is 448 g/mol. The van der Waals surface area contributed by atoms with Crippen molar-refractivity contribution in [2.24, 2.45) is 0 Å². The van der Waals surface area contributed by atoms with Crippen LogP contribution in [-0.4, -0.2) is 35.0 Å². The van der Waals surface area contributed by atoms with E-state index in [4.69, 9.17) is 9.16 Å². The molecule has 0 spiro atoms. The fourth-order valence-electron chi connectivity index (χ4n) is 4.46. The molecule has 1 aliphatic rings. The van der Waals surface area contributed by atoms with Gasteiger partial charge in [-0.05, 0) is 56.6 Å². The molecule has 33 heavy (non-hydrogen) atoms. The van der Waals surface area contributed by atoms with E-state index in [9.17, 15) is 8.42 Å². The molecule has 2 rings (SSSR count). The van der Waals surface area contributed by atoms with Crippen molar-refractivity contribution in [1.29, 1.82) is 0 Å². The summed E-state index contributed by atoms with van der Waals surface area (Å²) in [7, 11) is -5.75. The van der Waals surface area contributed by atoms with E-state index in [0.29, 0.717) is 16.2 Å². The van der Waals surface area contributed by atoms with Crippen LogP contribution in [0.2, 0.25) is 18.1 Å². The van der Waals surface area contributed by atoms with Crippen LogP contribution >= 0.6 is 0 Å². The van der Waals surface area contributed by atoms with E-state index in [1.54, 1.807) is 12.1 Å². The average Bonchev–Trinajstić information content (AvgIpc) is 3.51. The van der Waals surface area contributed by atoms with Crippen LogP contribution in [0.25, 0.3) is 0 Å². The lowest BCUT2D eigenvalue weighted by Gasteiger charge is -2.36. The van der Waals surface area contributed by atoms with E-state index < -0.39 is 24.3 Å². The number of aryl methyl sites for hydroxylation is 1. The molecule has 0 aromatic heterocycles. The Hall–Kier alpha value is -0.953. The van der Waals surface area contributed by atoms with E-state index in [1.807, 2.05) is 32.1 Å². The smallest absolute Gasteiger partial charge is 0.205 e. The number of ether oxygens (including phenoxy) is 1. The highest BCUT2D eigenvalue weighted by Gasteiger charge is 2.41. The normalized spacial score (nSPS) is 20.1. The molecule has 1 heterocycles. The van der Waals surface area contributed by atoms with Crippen LogP contribution in [0.1, 0.15) is 85.1 Å². The predicted molar refractivity (Wildman–Crippen MR) is 141 cm³/mol. The van der Waals surface area contributed by atoms with E-state index in [-0.39, 0.29) is 12.2 Å². The monoisotopic (exact) mass is 494 g/mol. The summed E-state index contributed by atoms with van der Waals surface area (Å²) in [5, 5.41) is 0. The number of epoxide rings is 1. The van der Waals surface area contributed by atoms with Gasteiger partial charge in [0.15, 0.2) is 8.32 Å². The van der Waals surface area contributed by atoms with Gasteiger partial charge in [0.25, 0.3) is 0 Å². The molecular formula is C27H46O4SSi.